The Balaban J connectivity index is 1.97. The summed E-state index contributed by atoms with van der Waals surface area (Å²) in [5, 5.41) is 3.65. The van der Waals surface area contributed by atoms with E-state index >= 15 is 0 Å². The van der Waals surface area contributed by atoms with Crippen molar-refractivity contribution in [3.8, 4) is 0 Å². The van der Waals surface area contributed by atoms with Gasteiger partial charge < -0.3 is 11.1 Å². The standard InChI is InChI=1S/C19H21N5O3S/c1-2-3-11-24-18-12(7-6-10-21-18)16(20)15(19(24)25)17-22-13-8-4-5-9-14(13)28(26,27)23-17/h4-10,26-27H,2-3,11,20H2,1H3,(H,22,23). The predicted octanol–water partition coefficient (Wildman–Crippen LogP) is 3.68. The molecule has 1 aliphatic rings. The van der Waals surface area contributed by atoms with E-state index in [1.807, 2.05) is 6.92 Å². The summed E-state index contributed by atoms with van der Waals surface area (Å²) >= 11 is 0. The summed E-state index contributed by atoms with van der Waals surface area (Å²) in [7, 11) is -3.45. The number of nitrogens with zero attached hydrogens (tertiary/aromatic N) is 3. The molecular weight excluding hydrogens is 378 g/mol. The van der Waals surface area contributed by atoms with E-state index in [1.165, 1.54) is 0 Å². The summed E-state index contributed by atoms with van der Waals surface area (Å²) in [6.45, 7) is 2.52. The van der Waals surface area contributed by atoms with Crippen LogP contribution in [0.25, 0.3) is 11.0 Å². The average Bonchev–Trinajstić information content (AvgIpc) is 2.68. The zero-order chi connectivity index (χ0) is 19.9. The minimum atomic E-state index is -3.45. The zero-order valence-corrected chi connectivity index (χ0v) is 16.1. The molecule has 0 unspecified atom stereocenters. The van der Waals surface area contributed by atoms with Gasteiger partial charge in [0.1, 0.15) is 16.1 Å². The van der Waals surface area contributed by atoms with Gasteiger partial charge in [-0.05, 0) is 30.7 Å². The lowest BCUT2D eigenvalue weighted by atomic mass is 10.1. The highest BCUT2D eigenvalue weighted by atomic mass is 32.3. The largest absolute Gasteiger partial charge is 0.397 e. The fourth-order valence-electron chi connectivity index (χ4n) is 3.30. The number of aryl methyl sites for hydroxylation is 1. The molecule has 146 valence electrons. The maximum Gasteiger partial charge on any atom is 0.265 e. The predicted molar refractivity (Wildman–Crippen MR) is 113 cm³/mol. The van der Waals surface area contributed by atoms with E-state index in [0.717, 1.165) is 12.8 Å². The van der Waals surface area contributed by atoms with Crippen LogP contribution in [0.3, 0.4) is 0 Å². The maximum atomic E-state index is 13.3. The van der Waals surface area contributed by atoms with Gasteiger partial charge in [-0.3, -0.25) is 18.5 Å². The van der Waals surface area contributed by atoms with E-state index in [2.05, 4.69) is 14.7 Å². The van der Waals surface area contributed by atoms with Crippen LogP contribution >= 0.6 is 10.8 Å². The van der Waals surface area contributed by atoms with Crippen LogP contribution < -0.4 is 16.6 Å². The second kappa shape index (κ2) is 6.93. The molecule has 0 spiro atoms. The smallest absolute Gasteiger partial charge is 0.265 e. The summed E-state index contributed by atoms with van der Waals surface area (Å²) in [6, 6.07) is 10.3. The van der Waals surface area contributed by atoms with Gasteiger partial charge in [0, 0.05) is 18.1 Å². The minimum Gasteiger partial charge on any atom is -0.397 e. The lowest BCUT2D eigenvalue weighted by Gasteiger charge is -2.34. The van der Waals surface area contributed by atoms with Gasteiger partial charge in [-0.1, -0.05) is 36.3 Å². The fourth-order valence-corrected chi connectivity index (χ4v) is 4.46. The summed E-state index contributed by atoms with van der Waals surface area (Å²) in [4.78, 5) is 17.9. The molecule has 0 radical (unpaired) electrons. The Morgan fingerprint density at radius 1 is 1.21 bits per heavy atom. The monoisotopic (exact) mass is 399 g/mol. The highest BCUT2D eigenvalue weighted by molar-refractivity contribution is 8.23. The first-order valence-corrected chi connectivity index (χ1v) is 10.5. The van der Waals surface area contributed by atoms with Gasteiger partial charge in [0.05, 0.1) is 11.4 Å². The van der Waals surface area contributed by atoms with Crippen LogP contribution in [0.1, 0.15) is 25.3 Å². The quantitative estimate of drug-likeness (QED) is 0.530. The van der Waals surface area contributed by atoms with Gasteiger partial charge in [0.25, 0.3) is 5.56 Å². The Hall–Kier alpha value is -2.88. The molecule has 9 heteroatoms. The number of anilines is 2. The van der Waals surface area contributed by atoms with Crippen molar-refractivity contribution in [1.82, 2.24) is 9.55 Å². The van der Waals surface area contributed by atoms with Crippen LogP contribution in [0.5, 0.6) is 0 Å². The number of aromatic nitrogens is 2. The van der Waals surface area contributed by atoms with Crippen LogP contribution in [-0.4, -0.2) is 24.5 Å². The molecule has 8 nitrogen and oxygen atoms in total. The number of nitrogens with two attached hydrogens (primary N) is 1. The van der Waals surface area contributed by atoms with E-state index in [-0.39, 0.29) is 27.5 Å². The molecular formula is C19H21N5O3S. The lowest BCUT2D eigenvalue weighted by Crippen LogP contribution is -2.33. The second-order valence-electron chi connectivity index (χ2n) is 6.55. The molecule has 28 heavy (non-hydrogen) atoms. The number of rotatable bonds is 4. The number of fused-ring (bicyclic) bond motifs is 2. The van der Waals surface area contributed by atoms with Crippen LogP contribution in [0, 0.1) is 0 Å². The number of benzene rings is 1. The van der Waals surface area contributed by atoms with Crippen LogP contribution in [0.4, 0.5) is 11.4 Å². The fraction of sp³-hybridized carbons (Fsp3) is 0.211. The number of para-hydroxylation sites is 1. The minimum absolute atomic E-state index is 0.0530. The summed E-state index contributed by atoms with van der Waals surface area (Å²) in [5.74, 6) is 0.0530. The van der Waals surface area contributed by atoms with Gasteiger partial charge in [-0.15, -0.1) is 4.40 Å². The Morgan fingerprint density at radius 2 is 2.00 bits per heavy atom. The number of pyridine rings is 2. The topological polar surface area (TPSA) is 126 Å². The second-order valence-corrected chi connectivity index (χ2v) is 8.21. The highest BCUT2D eigenvalue weighted by Gasteiger charge is 2.29. The first kappa shape index (κ1) is 18.5. The SMILES string of the molecule is CCCCn1c(=O)c(C2=NS(O)(O)c3ccccc3N2)c(N)c2cccnc21. The van der Waals surface area contributed by atoms with Crippen LogP contribution in [0.15, 0.2) is 56.7 Å². The molecule has 1 aliphatic heterocycles. The van der Waals surface area contributed by atoms with E-state index in [0.29, 0.717) is 23.3 Å². The number of hydrogen-bond acceptors (Lipinski definition) is 7. The molecule has 4 rings (SSSR count). The third-order valence-electron chi connectivity index (χ3n) is 4.69. The van der Waals surface area contributed by atoms with E-state index < -0.39 is 10.8 Å². The molecule has 0 fully saturated rings. The first-order valence-electron chi connectivity index (χ1n) is 8.95. The van der Waals surface area contributed by atoms with Gasteiger partial charge in [-0.25, -0.2) is 4.98 Å². The highest BCUT2D eigenvalue weighted by Crippen LogP contribution is 2.55. The maximum absolute atomic E-state index is 13.3. The van der Waals surface area contributed by atoms with E-state index in [9.17, 15) is 13.9 Å². The Labute approximate surface area is 163 Å². The van der Waals surface area contributed by atoms with Gasteiger partial charge in [-0.2, -0.15) is 0 Å². The summed E-state index contributed by atoms with van der Waals surface area (Å²) in [5.41, 5.74) is 7.28. The Bertz CT molecular complexity index is 1160. The number of amidine groups is 1. The normalized spacial score (nSPS) is 16.2. The zero-order valence-electron chi connectivity index (χ0n) is 15.3. The van der Waals surface area contributed by atoms with Gasteiger partial charge in [0.2, 0.25) is 0 Å². The molecule has 0 bridgehead atoms. The van der Waals surface area contributed by atoms with Crippen molar-refractivity contribution in [1.29, 1.82) is 0 Å². The van der Waals surface area contributed by atoms with Gasteiger partial charge >= 0.3 is 0 Å². The van der Waals surface area contributed by atoms with Crippen LogP contribution in [-0.2, 0) is 6.54 Å². The molecule has 1 aromatic carbocycles. The van der Waals surface area contributed by atoms with Crippen LogP contribution in [0.2, 0.25) is 0 Å². The van der Waals surface area contributed by atoms with Crippen molar-refractivity contribution < 1.29 is 9.11 Å². The number of unbranched alkanes of at least 4 members (excludes halogenated alkanes) is 1. The third-order valence-corrected chi connectivity index (χ3v) is 6.07. The number of nitrogens with one attached hydrogen (secondary N) is 1. The average molecular weight is 399 g/mol. The molecule has 0 aliphatic carbocycles. The number of nitrogen functional groups attached to an aromatic ring is 1. The van der Waals surface area contributed by atoms with Crippen molar-refractivity contribution in [2.75, 3.05) is 11.1 Å². The van der Waals surface area contributed by atoms with Crippen molar-refractivity contribution >= 4 is 39.0 Å². The molecule has 0 saturated heterocycles. The van der Waals surface area contributed by atoms with E-state index in [1.54, 1.807) is 47.2 Å². The van der Waals surface area contributed by atoms with Gasteiger partial charge in [0.15, 0.2) is 5.84 Å². The number of hydrogen-bond donors (Lipinski definition) is 4. The van der Waals surface area contributed by atoms with Crippen molar-refractivity contribution in [2.45, 2.75) is 31.2 Å². The van der Waals surface area contributed by atoms with Crippen molar-refractivity contribution in [2.24, 2.45) is 4.40 Å². The molecule has 2 aromatic heterocycles. The summed E-state index contributed by atoms with van der Waals surface area (Å²) < 4.78 is 26.7. The Kier molecular flexibility index (Phi) is 4.58. The third kappa shape index (κ3) is 2.93. The van der Waals surface area contributed by atoms with Crippen molar-refractivity contribution in [3.05, 3.63) is 58.5 Å². The first-order chi connectivity index (χ1) is 13.4. The lowest BCUT2D eigenvalue weighted by molar-refractivity contribution is 0.489. The summed E-state index contributed by atoms with van der Waals surface area (Å²) in [6.07, 6.45) is 3.33. The Morgan fingerprint density at radius 3 is 2.79 bits per heavy atom. The molecule has 0 atom stereocenters. The molecule has 0 amide bonds. The molecule has 3 heterocycles. The molecule has 3 aromatic rings. The van der Waals surface area contributed by atoms with Crippen molar-refractivity contribution in [3.63, 3.8) is 0 Å². The molecule has 0 saturated carbocycles. The van der Waals surface area contributed by atoms with E-state index in [4.69, 9.17) is 5.73 Å². The molecule has 5 N–H and O–H groups in total.